The van der Waals surface area contributed by atoms with E-state index in [4.69, 9.17) is 4.74 Å². The minimum absolute atomic E-state index is 0.285. The van der Waals surface area contributed by atoms with Crippen molar-refractivity contribution < 1.29 is 17.9 Å². The molecule has 7 heteroatoms. The van der Waals surface area contributed by atoms with Crippen molar-refractivity contribution in [1.29, 1.82) is 0 Å². The van der Waals surface area contributed by atoms with Gasteiger partial charge in [-0.15, -0.1) is 0 Å². The lowest BCUT2D eigenvalue weighted by Crippen LogP contribution is -2.52. The van der Waals surface area contributed by atoms with Gasteiger partial charge in [0.15, 0.2) is 0 Å². The molecule has 0 aliphatic carbocycles. The number of sulfonamides is 1. The fourth-order valence-corrected chi connectivity index (χ4v) is 4.65. The summed E-state index contributed by atoms with van der Waals surface area (Å²) < 4.78 is 32.3. The molecule has 0 aliphatic heterocycles. The van der Waals surface area contributed by atoms with Gasteiger partial charge in [-0.2, -0.15) is 0 Å². The molecule has 6 nitrogen and oxygen atoms in total. The molecule has 0 radical (unpaired) electrons. The number of anilines is 1. The molecule has 1 N–H and O–H groups in total. The zero-order valence-electron chi connectivity index (χ0n) is 18.6. The molecular weight excluding hydrogens is 400 g/mol. The Labute approximate surface area is 180 Å². The number of nitrogens with zero attached hydrogens (tertiary/aromatic N) is 1. The molecule has 164 valence electrons. The summed E-state index contributed by atoms with van der Waals surface area (Å²) in [7, 11) is -3.66. The van der Waals surface area contributed by atoms with Gasteiger partial charge in [0.1, 0.15) is 18.4 Å². The number of hydrogen-bond acceptors (Lipinski definition) is 4. The van der Waals surface area contributed by atoms with E-state index in [0.29, 0.717) is 12.1 Å². The van der Waals surface area contributed by atoms with Crippen LogP contribution in [-0.2, 0) is 14.8 Å². The molecule has 30 heavy (non-hydrogen) atoms. The van der Waals surface area contributed by atoms with Gasteiger partial charge >= 0.3 is 0 Å². The van der Waals surface area contributed by atoms with Gasteiger partial charge in [-0.1, -0.05) is 31.2 Å². The molecule has 0 unspecified atom stereocenters. The van der Waals surface area contributed by atoms with E-state index in [1.165, 1.54) is 4.31 Å². The molecule has 2 aromatic rings. The lowest BCUT2D eigenvalue weighted by molar-refractivity contribution is -0.123. The average molecular weight is 433 g/mol. The van der Waals surface area contributed by atoms with Crippen molar-refractivity contribution in [1.82, 2.24) is 5.32 Å². The second kappa shape index (κ2) is 9.98. The number of rotatable bonds is 9. The minimum atomic E-state index is -3.66. The highest BCUT2D eigenvalue weighted by atomic mass is 32.2. The zero-order valence-corrected chi connectivity index (χ0v) is 19.4. The Bertz CT molecular complexity index is 968. The van der Waals surface area contributed by atoms with Crippen molar-refractivity contribution in [3.05, 3.63) is 59.2 Å². The van der Waals surface area contributed by atoms with E-state index in [9.17, 15) is 13.2 Å². The highest BCUT2D eigenvalue weighted by Crippen LogP contribution is 2.25. The van der Waals surface area contributed by atoms with Crippen molar-refractivity contribution in [2.24, 2.45) is 0 Å². The Morgan fingerprint density at radius 1 is 1.10 bits per heavy atom. The second-order valence-corrected chi connectivity index (χ2v) is 9.67. The van der Waals surface area contributed by atoms with Gasteiger partial charge in [0, 0.05) is 0 Å². The standard InChI is InChI=1S/C23H32N2O4S/c1-7-21(25(30(6,27)28)20-13-16(2)12-17(3)14-20)23(26)24-19(5)15-29-22-11-9-8-10-18(22)4/h8-14,19,21H,7,15H2,1-6H3,(H,24,26)/t19-,21-/m0/s1. The summed E-state index contributed by atoms with van der Waals surface area (Å²) in [4.78, 5) is 13.0. The Morgan fingerprint density at radius 3 is 2.23 bits per heavy atom. The van der Waals surface area contributed by atoms with Crippen molar-refractivity contribution in [3.8, 4) is 5.75 Å². The largest absolute Gasteiger partial charge is 0.491 e. The molecule has 0 aromatic heterocycles. The van der Waals surface area contributed by atoms with Gasteiger partial charge in [-0.25, -0.2) is 8.42 Å². The van der Waals surface area contributed by atoms with Gasteiger partial charge < -0.3 is 10.1 Å². The number of aryl methyl sites for hydroxylation is 3. The zero-order chi connectivity index (χ0) is 22.5. The Balaban J connectivity index is 2.18. The third kappa shape index (κ3) is 6.23. The summed E-state index contributed by atoms with van der Waals surface area (Å²) >= 11 is 0. The smallest absolute Gasteiger partial charge is 0.244 e. The van der Waals surface area contributed by atoms with Crippen LogP contribution in [0.15, 0.2) is 42.5 Å². The first-order valence-electron chi connectivity index (χ1n) is 10.1. The predicted molar refractivity (Wildman–Crippen MR) is 122 cm³/mol. The van der Waals surface area contributed by atoms with Gasteiger partial charge in [0.25, 0.3) is 0 Å². The monoisotopic (exact) mass is 432 g/mol. The molecular formula is C23H32N2O4S. The summed E-state index contributed by atoms with van der Waals surface area (Å²) in [5.74, 6) is 0.418. The number of benzene rings is 2. The van der Waals surface area contributed by atoms with Crippen LogP contribution >= 0.6 is 0 Å². The van der Waals surface area contributed by atoms with Crippen molar-refractivity contribution in [2.45, 2.75) is 53.1 Å². The Hall–Kier alpha value is -2.54. The highest BCUT2D eigenvalue weighted by Gasteiger charge is 2.32. The molecule has 2 rings (SSSR count). The first-order chi connectivity index (χ1) is 14.0. The van der Waals surface area contributed by atoms with E-state index in [1.54, 1.807) is 19.1 Å². The number of carbonyl (C=O) groups is 1. The van der Waals surface area contributed by atoms with Crippen LogP contribution in [0.5, 0.6) is 5.75 Å². The number of para-hydroxylation sites is 1. The maximum absolute atomic E-state index is 13.0. The Kier molecular flexibility index (Phi) is 7.89. The third-order valence-corrected chi connectivity index (χ3v) is 5.94. The predicted octanol–water partition coefficient (Wildman–Crippen LogP) is 3.74. The fourth-order valence-electron chi connectivity index (χ4n) is 3.45. The molecule has 0 saturated carbocycles. The van der Waals surface area contributed by atoms with E-state index in [1.807, 2.05) is 58.0 Å². The Morgan fingerprint density at radius 2 is 1.70 bits per heavy atom. The van der Waals surface area contributed by atoms with E-state index in [0.717, 1.165) is 28.7 Å². The number of ether oxygens (including phenoxy) is 1. The van der Waals surface area contributed by atoms with E-state index >= 15 is 0 Å². The van der Waals surface area contributed by atoms with Crippen molar-refractivity contribution in [3.63, 3.8) is 0 Å². The summed E-state index contributed by atoms with van der Waals surface area (Å²) in [6.07, 6.45) is 1.47. The number of hydrogen-bond donors (Lipinski definition) is 1. The molecule has 0 spiro atoms. The van der Waals surface area contributed by atoms with Gasteiger partial charge in [-0.3, -0.25) is 9.10 Å². The van der Waals surface area contributed by atoms with Crippen molar-refractivity contribution in [2.75, 3.05) is 17.2 Å². The topological polar surface area (TPSA) is 75.7 Å². The molecule has 0 heterocycles. The fraction of sp³-hybridized carbons (Fsp3) is 0.435. The second-order valence-electron chi connectivity index (χ2n) is 7.81. The number of carbonyl (C=O) groups excluding carboxylic acids is 1. The average Bonchev–Trinajstić information content (AvgIpc) is 2.63. The quantitative estimate of drug-likeness (QED) is 0.655. The highest BCUT2D eigenvalue weighted by molar-refractivity contribution is 7.92. The van der Waals surface area contributed by atoms with Gasteiger partial charge in [0.05, 0.1) is 18.0 Å². The summed E-state index contributed by atoms with van der Waals surface area (Å²) in [5, 5.41) is 2.90. The molecule has 0 aliphatic rings. The number of amides is 1. The minimum Gasteiger partial charge on any atom is -0.491 e. The van der Waals surface area contributed by atoms with Crippen LogP contribution in [0.3, 0.4) is 0 Å². The molecule has 2 aromatic carbocycles. The summed E-state index contributed by atoms with van der Waals surface area (Å²) in [6.45, 7) is 9.70. The normalized spacial score (nSPS) is 13.4. The van der Waals surface area contributed by atoms with Crippen LogP contribution in [0.4, 0.5) is 5.69 Å². The van der Waals surface area contributed by atoms with E-state index in [2.05, 4.69) is 5.32 Å². The van der Waals surface area contributed by atoms with E-state index in [-0.39, 0.29) is 18.6 Å². The third-order valence-electron chi connectivity index (χ3n) is 4.76. The summed E-state index contributed by atoms with van der Waals surface area (Å²) in [5.41, 5.74) is 3.39. The molecule has 2 atom stereocenters. The van der Waals surface area contributed by atoms with Gasteiger partial charge in [-0.05, 0) is 69.0 Å². The van der Waals surface area contributed by atoms with Gasteiger partial charge in [0.2, 0.25) is 15.9 Å². The van der Waals surface area contributed by atoms with Crippen LogP contribution in [0.1, 0.15) is 37.0 Å². The molecule has 0 fully saturated rings. The van der Waals surface area contributed by atoms with Crippen LogP contribution in [0.2, 0.25) is 0 Å². The SMILES string of the molecule is CC[C@@H](C(=O)N[C@@H](C)COc1ccccc1C)N(c1cc(C)cc(C)c1)S(C)(=O)=O. The van der Waals surface area contributed by atoms with Crippen LogP contribution in [0.25, 0.3) is 0 Å². The lowest BCUT2D eigenvalue weighted by Gasteiger charge is -2.31. The van der Waals surface area contributed by atoms with E-state index < -0.39 is 16.1 Å². The molecule has 0 bridgehead atoms. The number of nitrogens with one attached hydrogen (secondary N) is 1. The molecule has 1 amide bonds. The van der Waals surface area contributed by atoms with Crippen LogP contribution in [-0.4, -0.2) is 39.3 Å². The first kappa shape index (κ1) is 23.7. The summed E-state index contributed by atoms with van der Waals surface area (Å²) in [6, 6.07) is 12.1. The first-order valence-corrected chi connectivity index (χ1v) is 11.9. The van der Waals surface area contributed by atoms with Crippen molar-refractivity contribution >= 4 is 21.6 Å². The molecule has 0 saturated heterocycles. The maximum atomic E-state index is 13.0. The maximum Gasteiger partial charge on any atom is 0.244 e. The van der Waals surface area contributed by atoms with Crippen LogP contribution < -0.4 is 14.4 Å². The lowest BCUT2D eigenvalue weighted by atomic mass is 10.1. The van der Waals surface area contributed by atoms with Crippen LogP contribution in [0, 0.1) is 20.8 Å².